The number of fused-ring (bicyclic) bond motifs is 2. The summed E-state index contributed by atoms with van der Waals surface area (Å²) in [6, 6.07) is 4.61. The van der Waals surface area contributed by atoms with E-state index < -0.39 is 17.5 Å². The zero-order chi connectivity index (χ0) is 37.9. The first-order valence-electron chi connectivity index (χ1n) is 18.3. The van der Waals surface area contributed by atoms with Gasteiger partial charge in [-0.05, 0) is 77.5 Å². The van der Waals surface area contributed by atoms with Gasteiger partial charge in [0.05, 0.1) is 51.1 Å². The van der Waals surface area contributed by atoms with Gasteiger partial charge in [-0.25, -0.2) is 9.37 Å². The number of piperidine rings is 1. The number of nitrogens with two attached hydrogens (primary N) is 1. The molecular weight excluding hydrogens is 703 g/mol. The highest BCUT2D eigenvalue weighted by Gasteiger charge is 2.54. The van der Waals surface area contributed by atoms with Crippen molar-refractivity contribution < 1.29 is 28.8 Å². The van der Waals surface area contributed by atoms with Crippen LogP contribution in [0.1, 0.15) is 69.9 Å². The summed E-state index contributed by atoms with van der Waals surface area (Å²) >= 11 is 6.52. The lowest BCUT2D eigenvalue weighted by atomic mass is 9.65. The molecule has 0 unspecified atom stereocenters. The second kappa shape index (κ2) is 14.1. The molecule has 0 amide bonds. The third-order valence-electron chi connectivity index (χ3n) is 11.9. The van der Waals surface area contributed by atoms with Gasteiger partial charge in [0.25, 0.3) is 0 Å². The Morgan fingerprint density at radius 3 is 2.70 bits per heavy atom. The number of nitrogens with zero attached hydrogens (tertiary/aromatic N) is 6. The number of ether oxygens (including phenoxy) is 3. The first kappa shape index (κ1) is 37.4. The van der Waals surface area contributed by atoms with Gasteiger partial charge in [-0.15, -0.1) is 0 Å². The van der Waals surface area contributed by atoms with Gasteiger partial charge in [0, 0.05) is 52.1 Å². The summed E-state index contributed by atoms with van der Waals surface area (Å²) in [6.45, 7) is 6.47. The number of anilines is 2. The monoisotopic (exact) mass is 750 g/mol. The van der Waals surface area contributed by atoms with Gasteiger partial charge in [0.1, 0.15) is 28.0 Å². The molecule has 0 spiro atoms. The molecule has 4 heterocycles. The van der Waals surface area contributed by atoms with E-state index in [2.05, 4.69) is 16.0 Å². The Labute approximate surface area is 313 Å². The molecule has 4 aliphatic rings. The molecular formula is C38H48ClFN8O5. The fourth-order valence-corrected chi connectivity index (χ4v) is 9.45. The zero-order valence-corrected chi connectivity index (χ0v) is 31.5. The van der Waals surface area contributed by atoms with Crippen LogP contribution in [0, 0.1) is 40.3 Å². The molecule has 2 aromatic heterocycles. The molecule has 4 fully saturated rings. The summed E-state index contributed by atoms with van der Waals surface area (Å²) < 4.78 is 35.4. The van der Waals surface area contributed by atoms with Crippen LogP contribution in [0.5, 0.6) is 11.9 Å². The average molecular weight is 751 g/mol. The number of methoxy groups -OCH3 is 1. The van der Waals surface area contributed by atoms with E-state index in [4.69, 9.17) is 46.9 Å². The number of aliphatic hydroxyl groups excluding tert-OH is 1. The number of benzene rings is 1. The highest BCUT2D eigenvalue weighted by molar-refractivity contribution is 6.32. The summed E-state index contributed by atoms with van der Waals surface area (Å²) in [6.07, 6.45) is 7.13. The number of nitriles is 1. The van der Waals surface area contributed by atoms with Gasteiger partial charge < -0.3 is 40.5 Å². The molecule has 53 heavy (non-hydrogen) atoms. The van der Waals surface area contributed by atoms with Crippen LogP contribution < -0.4 is 20.1 Å². The van der Waals surface area contributed by atoms with E-state index in [0.717, 1.165) is 57.7 Å². The Morgan fingerprint density at radius 2 is 2.00 bits per heavy atom. The van der Waals surface area contributed by atoms with Crippen LogP contribution >= 0.6 is 11.6 Å². The van der Waals surface area contributed by atoms with E-state index in [-0.39, 0.29) is 99.3 Å². The van der Waals surface area contributed by atoms with Crippen molar-refractivity contribution >= 4 is 40.2 Å². The van der Waals surface area contributed by atoms with Crippen LogP contribution in [0.4, 0.5) is 15.9 Å². The zero-order valence-electron chi connectivity index (χ0n) is 30.7. The van der Waals surface area contributed by atoms with Gasteiger partial charge in [-0.1, -0.05) is 18.0 Å². The van der Waals surface area contributed by atoms with Crippen molar-refractivity contribution in [2.75, 3.05) is 57.2 Å². The standard InChI is InChI=1S/C38H48ClFN8O5/c1-21-25(39)11-26(43)24(14-41)28(21)31-30(40)32-29(34(44-31)51-4)33(47-15-23(16-49)52-19-37(3,50)18-47)46-35(45-32)53-20-38-8-5-7-27(38)48(10-6-9-38)22-12-36(2,13-22)17-42/h11,14,22-23,27,41,49-50H,5-10,12-13,15-16,18-20,43H2,1-4H3/t22?,23-,27-,36?,37+,38-/m1/s1. The summed E-state index contributed by atoms with van der Waals surface area (Å²) in [4.78, 5) is 18.5. The van der Waals surface area contributed by atoms with E-state index in [0.29, 0.717) is 18.2 Å². The van der Waals surface area contributed by atoms with Crippen molar-refractivity contribution in [3.05, 3.63) is 28.0 Å². The topological polar surface area (TPSA) is 187 Å². The second-order valence-corrected chi connectivity index (χ2v) is 16.4. The predicted molar refractivity (Wildman–Crippen MR) is 199 cm³/mol. The Hall–Kier alpha value is -3.87. The largest absolute Gasteiger partial charge is 0.480 e. The van der Waals surface area contributed by atoms with E-state index in [1.165, 1.54) is 13.2 Å². The maximum absolute atomic E-state index is 17.2. The number of β-amino-alcohol motifs (C(OH)–C–C–N with tert-alkyl or cyclic N) is 1. The van der Waals surface area contributed by atoms with Crippen LogP contribution in [-0.2, 0) is 4.74 Å². The molecule has 284 valence electrons. The fraction of sp³-hybridized carbons (Fsp3) is 0.605. The van der Waals surface area contributed by atoms with Gasteiger partial charge >= 0.3 is 6.01 Å². The van der Waals surface area contributed by atoms with Crippen LogP contribution in [0.25, 0.3) is 22.2 Å². The van der Waals surface area contributed by atoms with Crippen LogP contribution in [0.3, 0.4) is 0 Å². The van der Waals surface area contributed by atoms with Gasteiger partial charge in [-0.2, -0.15) is 15.2 Å². The third-order valence-corrected chi connectivity index (χ3v) is 12.3. The number of nitrogen functional groups attached to an aromatic ring is 1. The van der Waals surface area contributed by atoms with Crippen molar-refractivity contribution in [1.29, 1.82) is 10.7 Å². The van der Waals surface area contributed by atoms with Gasteiger partial charge in [-0.3, -0.25) is 4.90 Å². The maximum Gasteiger partial charge on any atom is 0.319 e. The van der Waals surface area contributed by atoms with Crippen molar-refractivity contribution in [2.24, 2.45) is 10.8 Å². The normalized spacial score (nSPS) is 30.3. The van der Waals surface area contributed by atoms with Crippen molar-refractivity contribution in [3.8, 4) is 29.2 Å². The summed E-state index contributed by atoms with van der Waals surface area (Å²) in [5.41, 5.74) is 5.31. The molecule has 1 aromatic carbocycles. The fourth-order valence-electron chi connectivity index (χ4n) is 9.24. The van der Waals surface area contributed by atoms with Crippen LogP contribution in [0.15, 0.2) is 6.07 Å². The molecule has 13 nitrogen and oxygen atoms in total. The summed E-state index contributed by atoms with van der Waals surface area (Å²) in [5, 5.41) is 39.6. The van der Waals surface area contributed by atoms with Crippen molar-refractivity contribution in [2.45, 2.75) is 89.5 Å². The van der Waals surface area contributed by atoms with Gasteiger partial charge in [0.2, 0.25) is 5.88 Å². The summed E-state index contributed by atoms with van der Waals surface area (Å²) in [7, 11) is 1.40. The predicted octanol–water partition coefficient (Wildman–Crippen LogP) is 5.04. The molecule has 15 heteroatoms. The molecule has 3 aromatic rings. The Balaban J connectivity index is 1.35. The molecule has 2 aliphatic carbocycles. The average Bonchev–Trinajstić information content (AvgIpc) is 3.49. The molecule has 4 atom stereocenters. The SMILES string of the molecule is COc1nc(-c2c(C)c(Cl)cc(N)c2C=N)c(F)c2nc(OC[C@]34CCC[C@H]3N(C3CC(C)(C#N)C3)CCC4)nc(N3C[C@H](CO)OC[C@@](C)(O)C3)c12. The van der Waals surface area contributed by atoms with E-state index in [1.807, 2.05) is 6.92 Å². The number of nitrogens with one attached hydrogen (secondary N) is 1. The van der Waals surface area contributed by atoms with E-state index in [9.17, 15) is 15.5 Å². The van der Waals surface area contributed by atoms with E-state index in [1.54, 1.807) is 18.7 Å². The summed E-state index contributed by atoms with van der Waals surface area (Å²) in [5.74, 6) is -0.612. The number of aromatic nitrogens is 3. The van der Waals surface area contributed by atoms with E-state index >= 15 is 4.39 Å². The number of hydrogen-bond acceptors (Lipinski definition) is 13. The minimum absolute atomic E-state index is 0.000533. The lowest BCUT2D eigenvalue weighted by molar-refractivity contribution is -0.0629. The highest BCUT2D eigenvalue weighted by atomic mass is 35.5. The molecule has 5 N–H and O–H groups in total. The van der Waals surface area contributed by atoms with Crippen LogP contribution in [-0.4, -0.2) is 107 Å². The van der Waals surface area contributed by atoms with Crippen molar-refractivity contribution in [1.82, 2.24) is 19.9 Å². The minimum atomic E-state index is -1.35. The van der Waals surface area contributed by atoms with Crippen molar-refractivity contribution in [3.63, 3.8) is 0 Å². The first-order chi connectivity index (χ1) is 25.3. The minimum Gasteiger partial charge on any atom is -0.480 e. The number of likely N-dealkylation sites (tertiary alicyclic amines) is 1. The number of pyridine rings is 1. The lowest BCUT2D eigenvalue weighted by Gasteiger charge is -2.54. The molecule has 0 radical (unpaired) electrons. The number of rotatable bonds is 9. The van der Waals surface area contributed by atoms with Crippen LogP contribution in [0.2, 0.25) is 5.02 Å². The molecule has 7 rings (SSSR count). The molecule has 0 bridgehead atoms. The van der Waals surface area contributed by atoms with Gasteiger partial charge in [0.15, 0.2) is 5.82 Å². The quantitative estimate of drug-likeness (QED) is 0.169. The highest BCUT2D eigenvalue weighted by Crippen LogP contribution is 2.53. The molecule has 2 saturated carbocycles. The Morgan fingerprint density at radius 1 is 1.25 bits per heavy atom. The lowest BCUT2D eigenvalue weighted by Crippen LogP contribution is -2.60. The number of hydrogen-bond donors (Lipinski definition) is 4. The Kier molecular flexibility index (Phi) is 9.95. The second-order valence-electron chi connectivity index (χ2n) is 16.0. The smallest absolute Gasteiger partial charge is 0.319 e. The first-order valence-corrected chi connectivity index (χ1v) is 18.7. The molecule has 2 aliphatic heterocycles. The number of aliphatic hydroxyl groups is 2. The maximum atomic E-state index is 17.2. The molecule has 2 saturated heterocycles. The number of halogens is 2. The Bertz CT molecular complexity index is 1970. The third kappa shape index (κ3) is 6.65.